The first-order valence-electron chi connectivity index (χ1n) is 7.00. The maximum Gasteiger partial charge on any atom is 0.401 e. The zero-order valence-electron chi connectivity index (χ0n) is 13.3. The zero-order valence-corrected chi connectivity index (χ0v) is 13.3. The van der Waals surface area contributed by atoms with Gasteiger partial charge in [0.1, 0.15) is 11.5 Å². The van der Waals surface area contributed by atoms with E-state index in [2.05, 4.69) is 15.6 Å². The smallest absolute Gasteiger partial charge is 0.401 e. The van der Waals surface area contributed by atoms with Crippen LogP contribution in [0.15, 0.2) is 21.5 Å². The van der Waals surface area contributed by atoms with Crippen LogP contribution in [0.25, 0.3) is 0 Å². The minimum Gasteiger partial charge on any atom is -0.464 e. The van der Waals surface area contributed by atoms with Crippen molar-refractivity contribution >= 4 is 5.96 Å². The highest BCUT2D eigenvalue weighted by atomic mass is 19.4. The molecule has 0 bridgehead atoms. The Hall–Kier alpha value is -1.70. The van der Waals surface area contributed by atoms with E-state index in [0.29, 0.717) is 12.5 Å². The number of furan rings is 1. The quantitative estimate of drug-likeness (QED) is 0.624. The Morgan fingerprint density at radius 1 is 1.41 bits per heavy atom. The molecule has 1 unspecified atom stereocenters. The lowest BCUT2D eigenvalue weighted by molar-refractivity contribution is -0.142. The van der Waals surface area contributed by atoms with E-state index in [1.54, 1.807) is 7.05 Å². The van der Waals surface area contributed by atoms with Gasteiger partial charge in [-0.15, -0.1) is 0 Å². The number of hydrogen-bond donors (Lipinski definition) is 2. The summed E-state index contributed by atoms with van der Waals surface area (Å²) in [7, 11) is 3.04. The number of halogens is 3. The number of aliphatic imine (C=N–C) groups is 1. The van der Waals surface area contributed by atoms with Crippen molar-refractivity contribution in [2.45, 2.75) is 26.1 Å². The van der Waals surface area contributed by atoms with Gasteiger partial charge in [-0.2, -0.15) is 13.2 Å². The summed E-state index contributed by atoms with van der Waals surface area (Å²) in [5, 5.41) is 6.10. The Morgan fingerprint density at radius 2 is 2.09 bits per heavy atom. The van der Waals surface area contributed by atoms with Crippen molar-refractivity contribution in [2.75, 3.05) is 33.7 Å². The van der Waals surface area contributed by atoms with Gasteiger partial charge in [-0.3, -0.25) is 9.89 Å². The number of nitrogens with one attached hydrogen (secondary N) is 2. The number of alkyl halides is 3. The molecule has 0 spiro atoms. The highest BCUT2D eigenvalue weighted by molar-refractivity contribution is 5.79. The highest BCUT2D eigenvalue weighted by Crippen LogP contribution is 2.16. The highest BCUT2D eigenvalue weighted by Gasteiger charge is 2.28. The molecule has 1 heterocycles. The van der Waals surface area contributed by atoms with Crippen LogP contribution in [0.4, 0.5) is 13.2 Å². The summed E-state index contributed by atoms with van der Waals surface area (Å²) in [6.45, 7) is 3.47. The van der Waals surface area contributed by atoms with Gasteiger partial charge in [0.25, 0.3) is 0 Å². The van der Waals surface area contributed by atoms with E-state index in [4.69, 9.17) is 4.42 Å². The number of likely N-dealkylation sites (N-methyl/N-ethyl adjacent to an activating group) is 1. The summed E-state index contributed by atoms with van der Waals surface area (Å²) in [5.41, 5.74) is 0. The fourth-order valence-electron chi connectivity index (χ4n) is 1.91. The van der Waals surface area contributed by atoms with E-state index in [1.165, 1.54) is 11.9 Å². The maximum absolute atomic E-state index is 12.2. The van der Waals surface area contributed by atoms with Gasteiger partial charge in [0.2, 0.25) is 0 Å². The number of guanidine groups is 1. The zero-order chi connectivity index (χ0) is 16.8. The third-order valence-electron chi connectivity index (χ3n) is 3.00. The van der Waals surface area contributed by atoms with Crippen LogP contribution in [0, 0.1) is 6.92 Å². The molecule has 0 fully saturated rings. The number of aryl methyl sites for hydroxylation is 1. The normalized spacial score (nSPS) is 14.3. The van der Waals surface area contributed by atoms with Crippen molar-refractivity contribution in [1.82, 2.24) is 15.5 Å². The molecule has 2 N–H and O–H groups in total. The van der Waals surface area contributed by atoms with Gasteiger partial charge in [0, 0.05) is 20.1 Å². The molecule has 0 aliphatic heterocycles. The Bertz CT molecular complexity index is 485. The second kappa shape index (κ2) is 8.07. The van der Waals surface area contributed by atoms with Crippen molar-refractivity contribution in [3.8, 4) is 0 Å². The van der Waals surface area contributed by atoms with Crippen molar-refractivity contribution in [1.29, 1.82) is 0 Å². The second-order valence-corrected chi connectivity index (χ2v) is 5.17. The molecule has 126 valence electrons. The third-order valence-corrected chi connectivity index (χ3v) is 3.00. The molecule has 0 aromatic carbocycles. The maximum atomic E-state index is 12.2. The van der Waals surface area contributed by atoms with Crippen LogP contribution in [0.3, 0.4) is 0 Å². The molecular formula is C14H23F3N4O. The van der Waals surface area contributed by atoms with E-state index < -0.39 is 12.7 Å². The van der Waals surface area contributed by atoms with Crippen molar-refractivity contribution in [2.24, 2.45) is 4.99 Å². The average molecular weight is 320 g/mol. The van der Waals surface area contributed by atoms with Gasteiger partial charge in [-0.1, -0.05) is 0 Å². The first-order valence-corrected chi connectivity index (χ1v) is 7.00. The van der Waals surface area contributed by atoms with Crippen LogP contribution < -0.4 is 10.6 Å². The minimum atomic E-state index is -4.18. The standard InChI is InChI=1S/C14H23F3N4O/c1-10-5-6-12(22-10)11(2)20-13(18-3)19-7-8-21(4)9-14(15,16)17/h5-6,11H,7-9H2,1-4H3,(H2,18,19,20). The molecule has 0 saturated carbocycles. The average Bonchev–Trinajstić information content (AvgIpc) is 2.82. The predicted octanol–water partition coefficient (Wildman–Crippen LogP) is 2.31. The molecule has 22 heavy (non-hydrogen) atoms. The van der Waals surface area contributed by atoms with E-state index in [0.717, 1.165) is 11.5 Å². The fraction of sp³-hybridized carbons (Fsp3) is 0.643. The molecule has 1 atom stereocenters. The SMILES string of the molecule is CN=C(NCCN(C)CC(F)(F)F)NC(C)c1ccc(C)o1. The minimum absolute atomic E-state index is 0.0900. The van der Waals surface area contributed by atoms with Gasteiger partial charge in [0.15, 0.2) is 5.96 Å². The topological polar surface area (TPSA) is 52.8 Å². The summed E-state index contributed by atoms with van der Waals surface area (Å²) in [5.74, 6) is 2.11. The lowest BCUT2D eigenvalue weighted by Crippen LogP contribution is -2.43. The summed E-state index contributed by atoms with van der Waals surface area (Å²) >= 11 is 0. The van der Waals surface area contributed by atoms with Crippen LogP contribution in [0.5, 0.6) is 0 Å². The Morgan fingerprint density at radius 3 is 2.59 bits per heavy atom. The number of rotatable bonds is 6. The third kappa shape index (κ3) is 6.84. The molecule has 5 nitrogen and oxygen atoms in total. The lowest BCUT2D eigenvalue weighted by Gasteiger charge is -2.20. The van der Waals surface area contributed by atoms with Crippen LogP contribution in [0.2, 0.25) is 0 Å². The molecule has 8 heteroatoms. The van der Waals surface area contributed by atoms with E-state index >= 15 is 0 Å². The number of nitrogens with zero attached hydrogens (tertiary/aromatic N) is 2. The molecule has 1 rings (SSSR count). The van der Waals surface area contributed by atoms with Gasteiger partial charge in [-0.05, 0) is 33.0 Å². The fourth-order valence-corrected chi connectivity index (χ4v) is 1.91. The van der Waals surface area contributed by atoms with Gasteiger partial charge in [0.05, 0.1) is 12.6 Å². The summed E-state index contributed by atoms with van der Waals surface area (Å²) < 4.78 is 42.1. The second-order valence-electron chi connectivity index (χ2n) is 5.17. The van der Waals surface area contributed by atoms with Gasteiger partial charge >= 0.3 is 6.18 Å². The van der Waals surface area contributed by atoms with Gasteiger partial charge in [-0.25, -0.2) is 0 Å². The van der Waals surface area contributed by atoms with Crippen LogP contribution in [-0.4, -0.2) is 50.8 Å². The molecule has 1 aromatic rings. The van der Waals surface area contributed by atoms with E-state index in [9.17, 15) is 13.2 Å². The van der Waals surface area contributed by atoms with Crippen molar-refractivity contribution in [3.63, 3.8) is 0 Å². The first-order chi connectivity index (χ1) is 10.2. The van der Waals surface area contributed by atoms with Gasteiger partial charge < -0.3 is 15.1 Å². The molecule has 0 saturated heterocycles. The molecule has 1 aromatic heterocycles. The Kier molecular flexibility index (Phi) is 6.73. The summed E-state index contributed by atoms with van der Waals surface area (Å²) in [6, 6.07) is 3.65. The predicted molar refractivity (Wildman–Crippen MR) is 79.9 cm³/mol. The van der Waals surface area contributed by atoms with Crippen LogP contribution >= 0.6 is 0 Å². The van der Waals surface area contributed by atoms with E-state index in [1.807, 2.05) is 26.0 Å². The molecule has 0 radical (unpaired) electrons. The van der Waals surface area contributed by atoms with Crippen molar-refractivity contribution < 1.29 is 17.6 Å². The number of hydrogen-bond acceptors (Lipinski definition) is 3. The van der Waals surface area contributed by atoms with Crippen LogP contribution in [0.1, 0.15) is 24.5 Å². The van der Waals surface area contributed by atoms with Crippen molar-refractivity contribution in [3.05, 3.63) is 23.7 Å². The molecular weight excluding hydrogens is 297 g/mol. The molecule has 0 amide bonds. The largest absolute Gasteiger partial charge is 0.464 e. The van der Waals surface area contributed by atoms with Crippen LogP contribution in [-0.2, 0) is 0 Å². The molecule has 0 aliphatic carbocycles. The first kappa shape index (κ1) is 18.3. The lowest BCUT2D eigenvalue weighted by atomic mass is 10.2. The Balaban J connectivity index is 2.37. The Labute approximate surface area is 128 Å². The summed E-state index contributed by atoms with van der Waals surface area (Å²) in [6.07, 6.45) is -4.18. The molecule has 0 aliphatic rings. The summed E-state index contributed by atoms with van der Waals surface area (Å²) in [4.78, 5) is 5.25. The monoisotopic (exact) mass is 320 g/mol. The van der Waals surface area contributed by atoms with E-state index in [-0.39, 0.29) is 12.6 Å².